The van der Waals surface area contributed by atoms with E-state index in [4.69, 9.17) is 0 Å². The molecule has 0 N–H and O–H groups in total. The van der Waals surface area contributed by atoms with Crippen molar-refractivity contribution in [3.8, 4) is 5.88 Å². The third kappa shape index (κ3) is 3.66. The highest BCUT2D eigenvalue weighted by atomic mass is 127. The molecular formula is C7H3BrF3IN2O3. The van der Waals surface area contributed by atoms with Crippen LogP contribution >= 0.6 is 38.5 Å². The van der Waals surface area contributed by atoms with Gasteiger partial charge in [0.15, 0.2) is 0 Å². The predicted octanol–water partition coefficient (Wildman–Crippen LogP) is 3.39. The Morgan fingerprint density at radius 1 is 1.59 bits per heavy atom. The predicted molar refractivity (Wildman–Crippen MR) is 62.9 cm³/mol. The minimum absolute atomic E-state index is 0.136. The van der Waals surface area contributed by atoms with E-state index in [0.717, 1.165) is 6.20 Å². The van der Waals surface area contributed by atoms with Crippen molar-refractivity contribution in [2.45, 2.75) is 11.7 Å². The molecule has 0 amide bonds. The highest BCUT2D eigenvalue weighted by molar-refractivity contribution is 14.1. The summed E-state index contributed by atoms with van der Waals surface area (Å²) in [6.07, 6.45) is -3.99. The summed E-state index contributed by atoms with van der Waals surface area (Å²) in [6.45, 7) is 0. The molecule has 0 spiro atoms. The molecule has 0 aliphatic carbocycles. The molecule has 94 valence electrons. The number of nitro groups is 1. The third-order valence-corrected chi connectivity index (χ3v) is 2.94. The van der Waals surface area contributed by atoms with Crippen LogP contribution in [-0.2, 0) is 5.33 Å². The summed E-state index contributed by atoms with van der Waals surface area (Å²) in [7, 11) is 0. The molecule has 0 bridgehead atoms. The van der Waals surface area contributed by atoms with Crippen LogP contribution in [0.1, 0.15) is 5.56 Å². The largest absolute Gasteiger partial charge is 0.574 e. The van der Waals surface area contributed by atoms with E-state index in [9.17, 15) is 23.3 Å². The van der Waals surface area contributed by atoms with Crippen LogP contribution in [0.25, 0.3) is 0 Å². The number of pyridine rings is 1. The first-order valence-corrected chi connectivity index (χ1v) is 6.09. The second-order valence-corrected chi connectivity index (χ2v) is 4.40. The van der Waals surface area contributed by atoms with Gasteiger partial charge < -0.3 is 4.74 Å². The lowest BCUT2D eigenvalue weighted by atomic mass is 10.2. The molecule has 10 heteroatoms. The lowest BCUT2D eigenvalue weighted by Gasteiger charge is -2.11. The van der Waals surface area contributed by atoms with Crippen molar-refractivity contribution in [1.82, 2.24) is 4.98 Å². The van der Waals surface area contributed by atoms with Crippen molar-refractivity contribution in [2.75, 3.05) is 0 Å². The van der Waals surface area contributed by atoms with Gasteiger partial charge in [-0.1, -0.05) is 15.9 Å². The maximum Gasteiger partial charge on any atom is 0.574 e. The second kappa shape index (κ2) is 5.33. The van der Waals surface area contributed by atoms with Gasteiger partial charge in [-0.05, 0) is 22.6 Å². The Balaban J connectivity index is 3.33. The number of hydrogen-bond donors (Lipinski definition) is 0. The highest BCUT2D eigenvalue weighted by Crippen LogP contribution is 2.35. The van der Waals surface area contributed by atoms with E-state index >= 15 is 0 Å². The Morgan fingerprint density at radius 2 is 2.18 bits per heavy atom. The van der Waals surface area contributed by atoms with Gasteiger partial charge in [0.25, 0.3) is 5.69 Å². The fourth-order valence-electron chi connectivity index (χ4n) is 1.02. The van der Waals surface area contributed by atoms with E-state index in [0.29, 0.717) is 0 Å². The Bertz CT molecular complexity index is 455. The van der Waals surface area contributed by atoms with E-state index in [1.165, 1.54) is 0 Å². The first-order valence-electron chi connectivity index (χ1n) is 3.89. The van der Waals surface area contributed by atoms with Crippen LogP contribution < -0.4 is 4.74 Å². The molecule has 0 aliphatic heterocycles. The van der Waals surface area contributed by atoms with Gasteiger partial charge >= 0.3 is 6.36 Å². The van der Waals surface area contributed by atoms with Gasteiger partial charge in [0.1, 0.15) is 9.13 Å². The zero-order chi connectivity index (χ0) is 13.2. The fourth-order valence-corrected chi connectivity index (χ4v) is 2.18. The van der Waals surface area contributed by atoms with Crippen LogP contribution in [0, 0.1) is 13.7 Å². The van der Waals surface area contributed by atoms with Crippen molar-refractivity contribution in [3.05, 3.63) is 25.4 Å². The average molecular weight is 427 g/mol. The summed E-state index contributed by atoms with van der Waals surface area (Å²) in [6, 6.07) is 0. The standard InChI is InChI=1S/C7H3BrF3IN2O3/c8-1-3-5(14(15)16)4(12)2-13-6(3)17-7(9,10)11/h2H,1H2. The van der Waals surface area contributed by atoms with Gasteiger partial charge in [-0.25, -0.2) is 4.98 Å². The first-order chi connectivity index (χ1) is 7.76. The third-order valence-electron chi connectivity index (χ3n) is 1.59. The summed E-state index contributed by atoms with van der Waals surface area (Å²) in [4.78, 5) is 13.4. The van der Waals surface area contributed by atoms with Crippen LogP contribution in [0.3, 0.4) is 0 Å². The van der Waals surface area contributed by atoms with Crippen molar-refractivity contribution >= 4 is 44.2 Å². The van der Waals surface area contributed by atoms with Crippen LogP contribution in [0.2, 0.25) is 0 Å². The maximum absolute atomic E-state index is 12.0. The Labute approximate surface area is 115 Å². The van der Waals surface area contributed by atoms with Crippen molar-refractivity contribution in [2.24, 2.45) is 0 Å². The van der Waals surface area contributed by atoms with E-state index < -0.39 is 22.9 Å². The van der Waals surface area contributed by atoms with Crippen molar-refractivity contribution in [1.29, 1.82) is 0 Å². The number of alkyl halides is 4. The molecule has 1 rings (SSSR count). The Kier molecular flexibility index (Phi) is 4.52. The zero-order valence-corrected chi connectivity index (χ0v) is 11.5. The molecule has 0 saturated carbocycles. The Morgan fingerprint density at radius 3 is 2.59 bits per heavy atom. The summed E-state index contributed by atoms with van der Waals surface area (Å²) in [5.74, 6) is -0.818. The smallest absolute Gasteiger partial charge is 0.387 e. The molecule has 0 unspecified atom stereocenters. The normalized spacial score (nSPS) is 11.4. The second-order valence-electron chi connectivity index (χ2n) is 2.68. The molecule has 17 heavy (non-hydrogen) atoms. The van der Waals surface area contributed by atoms with Crippen LogP contribution in [0.5, 0.6) is 5.88 Å². The van der Waals surface area contributed by atoms with Gasteiger partial charge in [0.2, 0.25) is 5.88 Å². The minimum atomic E-state index is -4.94. The van der Waals surface area contributed by atoms with Gasteiger partial charge in [0, 0.05) is 5.33 Å². The average Bonchev–Trinajstić information content (AvgIpc) is 2.17. The molecule has 0 saturated heterocycles. The topological polar surface area (TPSA) is 65.3 Å². The number of nitrogens with zero attached hydrogens (tertiary/aromatic N) is 2. The molecule has 0 radical (unpaired) electrons. The lowest BCUT2D eigenvalue weighted by Crippen LogP contribution is -2.19. The SMILES string of the molecule is O=[N+]([O-])c1c(I)cnc(OC(F)(F)F)c1CBr. The van der Waals surface area contributed by atoms with Crippen molar-refractivity contribution < 1.29 is 22.8 Å². The number of ether oxygens (including phenoxy) is 1. The summed E-state index contributed by atoms with van der Waals surface area (Å²) >= 11 is 4.49. The molecule has 0 fully saturated rings. The maximum atomic E-state index is 12.0. The summed E-state index contributed by atoms with van der Waals surface area (Å²) in [5, 5.41) is 10.6. The molecule has 1 heterocycles. The van der Waals surface area contributed by atoms with E-state index in [1.54, 1.807) is 22.6 Å². The monoisotopic (exact) mass is 426 g/mol. The van der Waals surface area contributed by atoms with Gasteiger partial charge in [-0.3, -0.25) is 10.1 Å². The van der Waals surface area contributed by atoms with Crippen LogP contribution in [0.4, 0.5) is 18.9 Å². The number of halogens is 5. The molecule has 0 aliphatic rings. The summed E-state index contributed by atoms with van der Waals surface area (Å²) < 4.78 is 39.9. The van der Waals surface area contributed by atoms with Crippen LogP contribution in [0.15, 0.2) is 6.20 Å². The van der Waals surface area contributed by atoms with Gasteiger partial charge in [0.05, 0.1) is 11.1 Å². The molecule has 1 aromatic rings. The minimum Gasteiger partial charge on any atom is -0.387 e. The molecule has 5 nitrogen and oxygen atoms in total. The van der Waals surface area contributed by atoms with Crippen LogP contribution in [-0.4, -0.2) is 16.3 Å². The quantitative estimate of drug-likeness (QED) is 0.321. The number of rotatable bonds is 3. The van der Waals surface area contributed by atoms with E-state index in [-0.39, 0.29) is 14.5 Å². The fraction of sp³-hybridized carbons (Fsp3) is 0.286. The van der Waals surface area contributed by atoms with E-state index in [2.05, 4.69) is 25.7 Å². The number of aromatic nitrogens is 1. The summed E-state index contributed by atoms with van der Waals surface area (Å²) in [5.41, 5.74) is -0.698. The Hall–Kier alpha value is -0.650. The first kappa shape index (κ1) is 14.4. The van der Waals surface area contributed by atoms with Crippen molar-refractivity contribution in [3.63, 3.8) is 0 Å². The number of hydrogen-bond acceptors (Lipinski definition) is 4. The molecule has 1 aromatic heterocycles. The molecule has 0 atom stereocenters. The van der Waals surface area contributed by atoms with Gasteiger partial charge in [-0.15, -0.1) is 13.2 Å². The lowest BCUT2D eigenvalue weighted by molar-refractivity contribution is -0.386. The molecule has 0 aromatic carbocycles. The van der Waals surface area contributed by atoms with E-state index in [1.807, 2.05) is 0 Å². The zero-order valence-electron chi connectivity index (χ0n) is 7.79. The van der Waals surface area contributed by atoms with Gasteiger partial charge in [-0.2, -0.15) is 0 Å². The molecular weight excluding hydrogens is 424 g/mol. The highest BCUT2D eigenvalue weighted by Gasteiger charge is 2.35.